The van der Waals surface area contributed by atoms with Gasteiger partial charge in [-0.15, -0.1) is 0 Å². The van der Waals surface area contributed by atoms with Crippen LogP contribution in [0.25, 0.3) is 0 Å². The van der Waals surface area contributed by atoms with Gasteiger partial charge in [-0.05, 0) is 6.61 Å². The molecule has 2 heteroatoms. The van der Waals surface area contributed by atoms with Crippen molar-refractivity contribution in [2.45, 2.75) is 6.92 Å². The zero-order valence-electron chi connectivity index (χ0n) is 3.73. The molecule has 0 aliphatic rings. The van der Waals surface area contributed by atoms with Crippen LogP contribution in [0.4, 0.5) is 0 Å². The Kier molecular flexibility index (Phi) is 2.29. The first-order valence-corrected chi connectivity index (χ1v) is 1.76. The van der Waals surface area contributed by atoms with Crippen molar-refractivity contribution in [2.75, 3.05) is 6.61 Å². The molecular weight excluding hydrogens is 80.0 g/mol. The summed E-state index contributed by atoms with van der Waals surface area (Å²) in [5.41, 5.74) is 0. The Labute approximate surface area is 37.1 Å². The third-order valence-electron chi connectivity index (χ3n) is 0.305. The fraction of sp³-hybridized carbons (Fsp3) is 0.500. The molecular formula is C4H7O2-. The lowest BCUT2D eigenvalue weighted by Crippen LogP contribution is -2.04. The monoisotopic (exact) mass is 87.0 g/mol. The van der Waals surface area contributed by atoms with Gasteiger partial charge in [-0.1, -0.05) is 13.5 Å². The van der Waals surface area contributed by atoms with Crippen LogP contribution in [-0.4, -0.2) is 6.61 Å². The number of ether oxygens (including phenoxy) is 1. The normalized spacial score (nSPS) is 7.50. The van der Waals surface area contributed by atoms with Gasteiger partial charge in [0, 0.05) is 5.95 Å². The van der Waals surface area contributed by atoms with Gasteiger partial charge in [0.15, 0.2) is 0 Å². The van der Waals surface area contributed by atoms with E-state index < -0.39 is 5.95 Å². The van der Waals surface area contributed by atoms with Crippen molar-refractivity contribution in [2.24, 2.45) is 0 Å². The maximum absolute atomic E-state index is 9.71. The van der Waals surface area contributed by atoms with Crippen LogP contribution in [0.2, 0.25) is 0 Å². The van der Waals surface area contributed by atoms with E-state index in [2.05, 4.69) is 11.3 Å². The molecule has 36 valence electrons. The lowest BCUT2D eigenvalue weighted by atomic mass is 10.8. The summed E-state index contributed by atoms with van der Waals surface area (Å²) < 4.78 is 4.29. The van der Waals surface area contributed by atoms with E-state index in [1.165, 1.54) is 0 Å². The number of hydrogen-bond acceptors (Lipinski definition) is 2. The molecule has 0 unspecified atom stereocenters. The highest BCUT2D eigenvalue weighted by Crippen LogP contribution is 1.75. The van der Waals surface area contributed by atoms with Gasteiger partial charge in [0.1, 0.15) is 0 Å². The molecule has 2 nitrogen and oxygen atoms in total. The van der Waals surface area contributed by atoms with E-state index >= 15 is 0 Å². The van der Waals surface area contributed by atoms with Crippen molar-refractivity contribution in [1.29, 1.82) is 0 Å². The second-order valence-corrected chi connectivity index (χ2v) is 0.805. The molecule has 0 atom stereocenters. The zero-order chi connectivity index (χ0) is 4.99. The first-order chi connectivity index (χ1) is 2.77. The molecule has 0 saturated carbocycles. The molecule has 0 fully saturated rings. The van der Waals surface area contributed by atoms with Crippen LogP contribution in [0.1, 0.15) is 6.92 Å². The molecule has 0 radical (unpaired) electrons. The predicted octanol–water partition coefficient (Wildman–Crippen LogP) is -0.146. The largest absolute Gasteiger partial charge is 0.614 e. The van der Waals surface area contributed by atoms with Crippen LogP contribution < -0.4 is 5.11 Å². The van der Waals surface area contributed by atoms with Gasteiger partial charge in [0.05, 0.1) is 0 Å². The van der Waals surface area contributed by atoms with Crippen LogP contribution in [0, 0.1) is 0 Å². The first-order valence-electron chi connectivity index (χ1n) is 1.76. The number of rotatable bonds is 2. The topological polar surface area (TPSA) is 32.3 Å². The standard InChI is InChI=1S/C4H8O2/c1-3-6-4(2)5/h5H,2-3H2,1H3/p-1. The van der Waals surface area contributed by atoms with Crippen LogP contribution >= 0.6 is 0 Å². The maximum atomic E-state index is 9.71. The lowest BCUT2D eigenvalue weighted by Gasteiger charge is -2.07. The highest BCUT2D eigenvalue weighted by atomic mass is 16.6. The second-order valence-electron chi connectivity index (χ2n) is 0.805. The third kappa shape index (κ3) is 3.34. The van der Waals surface area contributed by atoms with Gasteiger partial charge < -0.3 is 9.84 Å². The summed E-state index contributed by atoms with van der Waals surface area (Å²) in [7, 11) is 0. The van der Waals surface area contributed by atoms with Crippen molar-refractivity contribution >= 4 is 0 Å². The van der Waals surface area contributed by atoms with E-state index in [1.807, 2.05) is 0 Å². The van der Waals surface area contributed by atoms with Gasteiger partial charge in [-0.3, -0.25) is 0 Å². The van der Waals surface area contributed by atoms with Crippen molar-refractivity contribution in [3.05, 3.63) is 12.5 Å². The van der Waals surface area contributed by atoms with Crippen LogP contribution in [0.5, 0.6) is 0 Å². The van der Waals surface area contributed by atoms with Gasteiger partial charge in [0.2, 0.25) is 0 Å². The maximum Gasteiger partial charge on any atom is 0.0438 e. The Hall–Kier alpha value is -0.660. The molecule has 0 aromatic rings. The Morgan fingerprint density at radius 1 is 2.00 bits per heavy atom. The molecule has 0 amide bonds. The van der Waals surface area contributed by atoms with Gasteiger partial charge >= 0.3 is 0 Å². The van der Waals surface area contributed by atoms with Crippen molar-refractivity contribution < 1.29 is 9.84 Å². The minimum Gasteiger partial charge on any atom is -0.614 e. The summed E-state index contributed by atoms with van der Waals surface area (Å²) in [6, 6.07) is 0. The second kappa shape index (κ2) is 2.57. The minimum atomic E-state index is -0.461. The van der Waals surface area contributed by atoms with E-state index in [4.69, 9.17) is 0 Å². The molecule has 6 heavy (non-hydrogen) atoms. The Morgan fingerprint density at radius 2 is 2.50 bits per heavy atom. The van der Waals surface area contributed by atoms with E-state index in [-0.39, 0.29) is 0 Å². The molecule has 0 aromatic carbocycles. The molecule has 0 spiro atoms. The summed E-state index contributed by atoms with van der Waals surface area (Å²) >= 11 is 0. The smallest absolute Gasteiger partial charge is 0.0438 e. The Bertz CT molecular complexity index is 49.5. The van der Waals surface area contributed by atoms with Crippen molar-refractivity contribution in [3.8, 4) is 0 Å². The number of hydrogen-bond donors (Lipinski definition) is 0. The average Bonchev–Trinajstić information content (AvgIpc) is 1.35. The summed E-state index contributed by atoms with van der Waals surface area (Å²) in [6.07, 6.45) is 0. The molecule has 0 aliphatic heterocycles. The highest BCUT2D eigenvalue weighted by molar-refractivity contribution is 4.57. The Balaban J connectivity index is 2.83. The van der Waals surface area contributed by atoms with E-state index in [1.54, 1.807) is 6.92 Å². The summed E-state index contributed by atoms with van der Waals surface area (Å²) in [4.78, 5) is 0. The van der Waals surface area contributed by atoms with Crippen LogP contribution in [0.3, 0.4) is 0 Å². The van der Waals surface area contributed by atoms with Gasteiger partial charge in [-0.25, -0.2) is 0 Å². The Morgan fingerprint density at radius 3 is 2.50 bits per heavy atom. The summed E-state index contributed by atoms with van der Waals surface area (Å²) in [5, 5.41) is 9.71. The zero-order valence-corrected chi connectivity index (χ0v) is 3.73. The first kappa shape index (κ1) is 5.34. The predicted molar refractivity (Wildman–Crippen MR) is 20.8 cm³/mol. The van der Waals surface area contributed by atoms with Crippen molar-refractivity contribution in [3.63, 3.8) is 0 Å². The molecule has 0 saturated heterocycles. The molecule has 0 aliphatic carbocycles. The van der Waals surface area contributed by atoms with Crippen molar-refractivity contribution in [1.82, 2.24) is 0 Å². The van der Waals surface area contributed by atoms with E-state index in [0.29, 0.717) is 6.61 Å². The third-order valence-corrected chi connectivity index (χ3v) is 0.305. The van der Waals surface area contributed by atoms with Crippen LogP contribution in [-0.2, 0) is 4.74 Å². The SMILES string of the molecule is C=C([O-])OCC. The van der Waals surface area contributed by atoms with E-state index in [0.717, 1.165) is 0 Å². The van der Waals surface area contributed by atoms with Gasteiger partial charge in [-0.2, -0.15) is 0 Å². The average molecular weight is 87.1 g/mol. The quantitative estimate of drug-likeness (QED) is 0.439. The highest BCUT2D eigenvalue weighted by Gasteiger charge is 1.61. The minimum absolute atomic E-state index is 0.419. The summed E-state index contributed by atoms with van der Waals surface area (Å²) in [6.45, 7) is 5.13. The van der Waals surface area contributed by atoms with Gasteiger partial charge in [0.25, 0.3) is 0 Å². The molecule has 0 bridgehead atoms. The molecule has 0 aromatic heterocycles. The molecule has 0 N–H and O–H groups in total. The lowest BCUT2D eigenvalue weighted by molar-refractivity contribution is -0.355. The van der Waals surface area contributed by atoms with E-state index in [9.17, 15) is 5.11 Å². The fourth-order valence-electron chi connectivity index (χ4n) is 0.161. The fourth-order valence-corrected chi connectivity index (χ4v) is 0.161. The molecule has 0 rings (SSSR count). The molecule has 0 heterocycles. The van der Waals surface area contributed by atoms with Crippen LogP contribution in [0.15, 0.2) is 12.5 Å². The summed E-state index contributed by atoms with van der Waals surface area (Å²) in [5.74, 6) is -0.461.